The number of carbonyl (C=O) groups is 2. The van der Waals surface area contributed by atoms with Gasteiger partial charge in [0.15, 0.2) is 5.60 Å². The van der Waals surface area contributed by atoms with Crippen LogP contribution in [0.4, 0.5) is 0 Å². The van der Waals surface area contributed by atoms with Gasteiger partial charge in [-0.25, -0.2) is 10.2 Å². The summed E-state index contributed by atoms with van der Waals surface area (Å²) in [5, 5.41) is 16.0. The molecule has 2 N–H and O–H groups in total. The van der Waals surface area contributed by atoms with Crippen LogP contribution in [0.25, 0.3) is 0 Å². The highest BCUT2D eigenvalue weighted by molar-refractivity contribution is 6.30. The fourth-order valence-electron chi connectivity index (χ4n) is 3.45. The summed E-state index contributed by atoms with van der Waals surface area (Å²) in [7, 11) is 0. The quantitative estimate of drug-likeness (QED) is 0.168. The number of ether oxygens (including phenoxy) is 1. The number of aliphatic hydroxyl groups is 1. The first-order chi connectivity index (χ1) is 17.0. The number of rotatable bonds is 7. The highest BCUT2D eigenvalue weighted by Crippen LogP contribution is 2.30. The van der Waals surface area contributed by atoms with Crippen molar-refractivity contribution in [3.8, 4) is 5.75 Å². The lowest BCUT2D eigenvalue weighted by molar-refractivity contribution is -0.136. The Labute approximate surface area is 207 Å². The maximum Gasteiger partial charge on any atom is 0.343 e. The maximum absolute atomic E-state index is 13.2. The lowest BCUT2D eigenvalue weighted by Gasteiger charge is -2.27. The molecule has 4 aromatic rings. The summed E-state index contributed by atoms with van der Waals surface area (Å²) in [5.74, 6) is -1.04. The van der Waals surface area contributed by atoms with Gasteiger partial charge in [-0.2, -0.15) is 5.10 Å². The molecule has 0 aliphatic rings. The minimum absolute atomic E-state index is 0.256. The highest BCUT2D eigenvalue weighted by atomic mass is 35.5. The average Bonchev–Trinajstić information content (AvgIpc) is 2.90. The Balaban J connectivity index is 1.54. The number of hydrazone groups is 1. The van der Waals surface area contributed by atoms with Crippen molar-refractivity contribution in [1.29, 1.82) is 0 Å². The number of nitrogens with zero attached hydrogens (tertiary/aromatic N) is 1. The van der Waals surface area contributed by atoms with Gasteiger partial charge >= 0.3 is 5.97 Å². The molecule has 35 heavy (non-hydrogen) atoms. The lowest BCUT2D eigenvalue weighted by atomic mass is 9.85. The first-order valence-corrected chi connectivity index (χ1v) is 11.1. The zero-order valence-corrected chi connectivity index (χ0v) is 19.2. The second-order valence-corrected chi connectivity index (χ2v) is 8.01. The summed E-state index contributed by atoms with van der Waals surface area (Å²) in [6, 6.07) is 30.3. The molecule has 7 heteroatoms. The molecule has 0 saturated carbocycles. The van der Waals surface area contributed by atoms with Crippen LogP contribution in [0.5, 0.6) is 5.75 Å². The molecule has 0 aliphatic heterocycles. The molecule has 0 bridgehead atoms. The first-order valence-electron chi connectivity index (χ1n) is 10.7. The predicted molar refractivity (Wildman–Crippen MR) is 134 cm³/mol. The van der Waals surface area contributed by atoms with Crippen molar-refractivity contribution in [2.75, 3.05) is 0 Å². The van der Waals surface area contributed by atoms with Crippen molar-refractivity contribution in [2.45, 2.75) is 5.60 Å². The number of nitrogens with one attached hydrogen (secondary N) is 1. The molecule has 0 aromatic heterocycles. The second kappa shape index (κ2) is 10.8. The minimum Gasteiger partial charge on any atom is -0.422 e. The van der Waals surface area contributed by atoms with Gasteiger partial charge in [-0.05, 0) is 47.5 Å². The van der Waals surface area contributed by atoms with Gasteiger partial charge in [0.05, 0.1) is 11.8 Å². The second-order valence-electron chi connectivity index (χ2n) is 7.58. The Bertz CT molecular complexity index is 1300. The van der Waals surface area contributed by atoms with Gasteiger partial charge in [0.1, 0.15) is 5.75 Å². The number of carbonyl (C=O) groups excluding carboxylic acids is 2. The molecular weight excluding hydrogens is 464 g/mol. The lowest BCUT2D eigenvalue weighted by Crippen LogP contribution is -2.43. The zero-order valence-electron chi connectivity index (χ0n) is 18.5. The summed E-state index contributed by atoms with van der Waals surface area (Å²) in [4.78, 5) is 25.7. The molecule has 0 heterocycles. The third kappa shape index (κ3) is 5.46. The number of halogens is 1. The smallest absolute Gasteiger partial charge is 0.343 e. The van der Waals surface area contributed by atoms with E-state index in [9.17, 15) is 14.7 Å². The number of hydrogen-bond acceptors (Lipinski definition) is 5. The number of amides is 1. The average molecular weight is 485 g/mol. The Morgan fingerprint density at radius 3 is 1.94 bits per heavy atom. The first kappa shape index (κ1) is 23.9. The molecule has 4 rings (SSSR count). The zero-order chi connectivity index (χ0) is 24.7. The molecule has 1 amide bonds. The number of benzene rings is 4. The fourth-order valence-corrected chi connectivity index (χ4v) is 3.58. The molecule has 174 valence electrons. The van der Waals surface area contributed by atoms with Crippen LogP contribution in [0.3, 0.4) is 0 Å². The molecule has 0 aliphatic carbocycles. The standard InChI is InChI=1S/C28H21ClN2O4/c29-24-17-15-20(16-18-24)26(32)35-25-14-8-7-9-21(25)19-30-31-27(33)28(34,22-10-3-1-4-11-22)23-12-5-2-6-13-23/h1-19,34H,(H,31,33)/b30-19-. The van der Waals surface area contributed by atoms with Gasteiger partial charge in [0.25, 0.3) is 5.91 Å². The van der Waals surface area contributed by atoms with Crippen molar-refractivity contribution in [1.82, 2.24) is 5.43 Å². The van der Waals surface area contributed by atoms with Crippen molar-refractivity contribution in [3.63, 3.8) is 0 Å². The van der Waals surface area contributed by atoms with Gasteiger partial charge in [-0.1, -0.05) is 84.4 Å². The monoisotopic (exact) mass is 484 g/mol. The molecule has 0 spiro atoms. The van der Waals surface area contributed by atoms with E-state index in [-0.39, 0.29) is 5.75 Å². The third-order valence-corrected chi connectivity index (χ3v) is 5.54. The van der Waals surface area contributed by atoms with Crippen LogP contribution >= 0.6 is 11.6 Å². The summed E-state index contributed by atoms with van der Waals surface area (Å²) < 4.78 is 5.50. The Morgan fingerprint density at radius 1 is 0.800 bits per heavy atom. The van der Waals surface area contributed by atoms with Gasteiger partial charge in [0, 0.05) is 10.6 Å². The highest BCUT2D eigenvalue weighted by Gasteiger charge is 2.39. The van der Waals surface area contributed by atoms with Gasteiger partial charge in [-0.3, -0.25) is 4.79 Å². The Hall–Kier alpha value is -4.26. The van der Waals surface area contributed by atoms with E-state index in [4.69, 9.17) is 16.3 Å². The van der Waals surface area contributed by atoms with E-state index in [1.54, 1.807) is 109 Å². The fraction of sp³-hybridized carbons (Fsp3) is 0.0357. The van der Waals surface area contributed by atoms with Gasteiger partial charge in [0.2, 0.25) is 0 Å². The molecule has 4 aromatic carbocycles. The Kier molecular flexibility index (Phi) is 7.35. The minimum atomic E-state index is -1.96. The third-order valence-electron chi connectivity index (χ3n) is 5.28. The summed E-state index contributed by atoms with van der Waals surface area (Å²) in [5.41, 5.74) is 2.05. The van der Waals surface area contributed by atoms with Gasteiger partial charge in [-0.15, -0.1) is 0 Å². The van der Waals surface area contributed by atoms with Crippen LogP contribution in [0, 0.1) is 0 Å². The van der Waals surface area contributed by atoms with Crippen molar-refractivity contribution in [2.24, 2.45) is 5.10 Å². The molecular formula is C28H21ClN2O4. The van der Waals surface area contributed by atoms with Crippen LogP contribution in [-0.2, 0) is 10.4 Å². The van der Waals surface area contributed by atoms with E-state index < -0.39 is 17.5 Å². The van der Waals surface area contributed by atoms with Gasteiger partial charge < -0.3 is 9.84 Å². The van der Waals surface area contributed by atoms with Crippen LogP contribution in [-0.4, -0.2) is 23.2 Å². The van der Waals surface area contributed by atoms with E-state index in [0.717, 1.165) is 0 Å². The van der Waals surface area contributed by atoms with E-state index in [1.807, 2.05) is 0 Å². The summed E-state index contributed by atoms with van der Waals surface area (Å²) in [6.07, 6.45) is 1.35. The molecule has 0 unspecified atom stereocenters. The van der Waals surface area contributed by atoms with E-state index in [1.165, 1.54) is 6.21 Å². The molecule has 0 saturated heterocycles. The molecule has 0 atom stereocenters. The van der Waals surface area contributed by atoms with E-state index in [2.05, 4.69) is 10.5 Å². The summed E-state index contributed by atoms with van der Waals surface area (Å²) in [6.45, 7) is 0. The van der Waals surface area contributed by atoms with E-state index >= 15 is 0 Å². The van der Waals surface area contributed by atoms with Crippen molar-refractivity contribution < 1.29 is 19.4 Å². The maximum atomic E-state index is 13.2. The summed E-state index contributed by atoms with van der Waals surface area (Å²) >= 11 is 5.87. The van der Waals surface area contributed by atoms with Crippen LogP contribution < -0.4 is 10.2 Å². The Morgan fingerprint density at radius 2 is 1.34 bits per heavy atom. The topological polar surface area (TPSA) is 88.0 Å². The number of para-hydroxylation sites is 1. The number of hydrogen-bond donors (Lipinski definition) is 2. The van der Waals surface area contributed by atoms with Crippen LogP contribution in [0.15, 0.2) is 114 Å². The van der Waals surface area contributed by atoms with Crippen molar-refractivity contribution >= 4 is 29.7 Å². The largest absolute Gasteiger partial charge is 0.422 e. The molecule has 0 fully saturated rings. The van der Waals surface area contributed by atoms with Crippen molar-refractivity contribution in [3.05, 3.63) is 136 Å². The van der Waals surface area contributed by atoms with Crippen LogP contribution in [0.1, 0.15) is 27.0 Å². The molecule has 0 radical (unpaired) electrons. The van der Waals surface area contributed by atoms with Crippen LogP contribution in [0.2, 0.25) is 5.02 Å². The van der Waals surface area contributed by atoms with E-state index in [0.29, 0.717) is 27.3 Å². The SMILES string of the molecule is O=C(Oc1ccccc1/C=N\NC(=O)C(O)(c1ccccc1)c1ccccc1)c1ccc(Cl)cc1. The molecule has 6 nitrogen and oxygen atoms in total. The predicted octanol–water partition coefficient (Wildman–Crippen LogP) is 4.95. The normalized spacial score (nSPS) is 11.3. The number of esters is 1.